The second kappa shape index (κ2) is 7.95. The Morgan fingerprint density at radius 2 is 1.87 bits per heavy atom. The van der Waals surface area contributed by atoms with Gasteiger partial charge in [-0.3, -0.25) is 4.72 Å². The number of unbranched alkanes of at least 4 members (excludes halogenated alkanes) is 1. The molecule has 0 aliphatic heterocycles. The fraction of sp³-hybridized carbons (Fsp3) is 0.273. The summed E-state index contributed by atoms with van der Waals surface area (Å²) in [6.07, 6.45) is 1.93. The van der Waals surface area contributed by atoms with Gasteiger partial charge in [0.25, 0.3) is 10.0 Å². The molecule has 156 valence electrons. The molecule has 0 aliphatic rings. The molecule has 0 saturated heterocycles. The molecule has 2 aromatic carbocycles. The number of benzene rings is 2. The van der Waals surface area contributed by atoms with Crippen molar-refractivity contribution in [3.05, 3.63) is 54.1 Å². The molecule has 0 atom stereocenters. The minimum Gasteiger partial charge on any atom is -0.497 e. The molecule has 0 bridgehead atoms. The van der Waals surface area contributed by atoms with Gasteiger partial charge in [0, 0.05) is 11.9 Å². The normalized spacial score (nSPS) is 11.8. The van der Waals surface area contributed by atoms with Crippen molar-refractivity contribution in [3.63, 3.8) is 0 Å². The smallest absolute Gasteiger partial charge is 0.263 e. The molecular formula is C22H24N4O3S. The van der Waals surface area contributed by atoms with E-state index in [1.165, 1.54) is 19.2 Å². The van der Waals surface area contributed by atoms with Gasteiger partial charge in [-0.1, -0.05) is 25.5 Å². The van der Waals surface area contributed by atoms with E-state index in [0.29, 0.717) is 23.3 Å². The van der Waals surface area contributed by atoms with E-state index in [-0.39, 0.29) is 10.7 Å². The number of aryl methyl sites for hydroxylation is 2. The maximum absolute atomic E-state index is 13.0. The molecule has 8 heteroatoms. The van der Waals surface area contributed by atoms with Gasteiger partial charge in [-0.2, -0.15) is 5.10 Å². The molecule has 0 aliphatic carbocycles. The Hall–Kier alpha value is -3.13. The SMILES string of the molecule is CCCCn1nc(NS(=O)(=O)c2ccc(OC)cc2)c2cc3ccc(C)cc3nc21. The van der Waals surface area contributed by atoms with Crippen LogP contribution in [0.1, 0.15) is 25.3 Å². The summed E-state index contributed by atoms with van der Waals surface area (Å²) in [5.41, 5.74) is 2.66. The third kappa shape index (κ3) is 3.82. The van der Waals surface area contributed by atoms with Crippen molar-refractivity contribution in [2.75, 3.05) is 11.8 Å². The lowest BCUT2D eigenvalue weighted by Gasteiger charge is -2.07. The summed E-state index contributed by atoms with van der Waals surface area (Å²) in [5, 5.41) is 6.17. The Bertz CT molecular complexity index is 1310. The number of methoxy groups -OCH3 is 1. The van der Waals surface area contributed by atoms with Crippen LogP contribution in [0.15, 0.2) is 53.4 Å². The van der Waals surface area contributed by atoms with Crippen LogP contribution in [0.4, 0.5) is 5.82 Å². The second-order valence-electron chi connectivity index (χ2n) is 7.26. The average molecular weight is 425 g/mol. The summed E-state index contributed by atoms with van der Waals surface area (Å²) in [6, 6.07) is 14.2. The van der Waals surface area contributed by atoms with Crippen molar-refractivity contribution in [2.45, 2.75) is 38.1 Å². The zero-order valence-corrected chi connectivity index (χ0v) is 18.0. The van der Waals surface area contributed by atoms with Gasteiger partial charge >= 0.3 is 0 Å². The predicted molar refractivity (Wildman–Crippen MR) is 118 cm³/mol. The number of anilines is 1. The third-order valence-corrected chi connectivity index (χ3v) is 6.35. The highest BCUT2D eigenvalue weighted by molar-refractivity contribution is 7.92. The quantitative estimate of drug-likeness (QED) is 0.472. The topological polar surface area (TPSA) is 86.1 Å². The van der Waals surface area contributed by atoms with E-state index in [1.54, 1.807) is 16.8 Å². The second-order valence-corrected chi connectivity index (χ2v) is 8.94. The minimum atomic E-state index is -3.81. The zero-order chi connectivity index (χ0) is 21.3. The number of ether oxygens (including phenoxy) is 1. The molecule has 2 aromatic heterocycles. The Kier molecular flexibility index (Phi) is 5.34. The molecule has 4 aromatic rings. The number of hydrogen-bond acceptors (Lipinski definition) is 5. The summed E-state index contributed by atoms with van der Waals surface area (Å²) < 4.78 is 35.5. The number of nitrogens with one attached hydrogen (secondary N) is 1. The van der Waals surface area contributed by atoms with Crippen LogP contribution in [-0.2, 0) is 16.6 Å². The van der Waals surface area contributed by atoms with Crippen LogP contribution in [0.3, 0.4) is 0 Å². The molecule has 0 radical (unpaired) electrons. The van der Waals surface area contributed by atoms with Crippen LogP contribution in [-0.4, -0.2) is 30.3 Å². The lowest BCUT2D eigenvalue weighted by molar-refractivity contribution is 0.414. The molecular weight excluding hydrogens is 400 g/mol. The van der Waals surface area contributed by atoms with Gasteiger partial charge in [0.2, 0.25) is 0 Å². The molecule has 0 fully saturated rings. The summed E-state index contributed by atoms with van der Waals surface area (Å²) in [5.74, 6) is 0.876. The van der Waals surface area contributed by atoms with Crippen LogP contribution in [0.2, 0.25) is 0 Å². The Balaban J connectivity index is 1.81. The van der Waals surface area contributed by atoms with Crippen LogP contribution in [0.25, 0.3) is 21.9 Å². The molecule has 30 heavy (non-hydrogen) atoms. The maximum Gasteiger partial charge on any atom is 0.263 e. The Labute approximate surface area is 175 Å². The highest BCUT2D eigenvalue weighted by atomic mass is 32.2. The number of fused-ring (bicyclic) bond motifs is 2. The zero-order valence-electron chi connectivity index (χ0n) is 17.2. The van der Waals surface area contributed by atoms with E-state index in [9.17, 15) is 8.42 Å². The minimum absolute atomic E-state index is 0.143. The monoisotopic (exact) mass is 424 g/mol. The van der Waals surface area contributed by atoms with Crippen LogP contribution in [0, 0.1) is 6.92 Å². The van der Waals surface area contributed by atoms with Crippen molar-refractivity contribution < 1.29 is 13.2 Å². The van der Waals surface area contributed by atoms with Gasteiger partial charge < -0.3 is 4.74 Å². The fourth-order valence-corrected chi connectivity index (χ4v) is 4.36. The first-order chi connectivity index (χ1) is 14.4. The Morgan fingerprint density at radius 3 is 2.57 bits per heavy atom. The number of hydrogen-bond donors (Lipinski definition) is 1. The number of sulfonamides is 1. The molecule has 4 rings (SSSR count). The van der Waals surface area contributed by atoms with Gasteiger partial charge in [0.15, 0.2) is 11.5 Å². The third-order valence-electron chi connectivity index (χ3n) is 5.00. The molecule has 1 N–H and O–H groups in total. The summed E-state index contributed by atoms with van der Waals surface area (Å²) in [7, 11) is -2.27. The molecule has 0 amide bonds. The van der Waals surface area contributed by atoms with E-state index in [0.717, 1.165) is 29.3 Å². The first kappa shape index (κ1) is 20.2. The van der Waals surface area contributed by atoms with Gasteiger partial charge in [0.1, 0.15) is 5.75 Å². The molecule has 0 saturated carbocycles. The van der Waals surface area contributed by atoms with Crippen molar-refractivity contribution in [1.29, 1.82) is 0 Å². The summed E-state index contributed by atoms with van der Waals surface area (Å²) >= 11 is 0. The fourth-order valence-electron chi connectivity index (χ4n) is 3.34. The maximum atomic E-state index is 13.0. The van der Waals surface area contributed by atoms with E-state index in [4.69, 9.17) is 9.72 Å². The van der Waals surface area contributed by atoms with Gasteiger partial charge in [-0.25, -0.2) is 18.1 Å². The molecule has 0 unspecified atom stereocenters. The largest absolute Gasteiger partial charge is 0.497 e. The van der Waals surface area contributed by atoms with Gasteiger partial charge in [0.05, 0.1) is 22.9 Å². The number of aromatic nitrogens is 3. The van der Waals surface area contributed by atoms with Crippen molar-refractivity contribution in [1.82, 2.24) is 14.8 Å². The molecule has 2 heterocycles. The van der Waals surface area contributed by atoms with Crippen molar-refractivity contribution in [3.8, 4) is 5.75 Å². The number of nitrogens with zero attached hydrogens (tertiary/aromatic N) is 3. The van der Waals surface area contributed by atoms with Gasteiger partial charge in [-0.05, 0) is 55.3 Å². The number of rotatable bonds is 7. The van der Waals surface area contributed by atoms with E-state index < -0.39 is 10.0 Å². The summed E-state index contributed by atoms with van der Waals surface area (Å²) in [4.78, 5) is 4.93. The summed E-state index contributed by atoms with van der Waals surface area (Å²) in [6.45, 7) is 4.79. The predicted octanol–water partition coefficient (Wildman–Crippen LogP) is 4.50. The van der Waals surface area contributed by atoms with E-state index >= 15 is 0 Å². The highest BCUT2D eigenvalue weighted by Gasteiger charge is 2.20. The van der Waals surface area contributed by atoms with Gasteiger partial charge in [-0.15, -0.1) is 0 Å². The highest BCUT2D eigenvalue weighted by Crippen LogP contribution is 2.28. The van der Waals surface area contributed by atoms with E-state index in [2.05, 4.69) is 16.7 Å². The number of pyridine rings is 1. The van der Waals surface area contributed by atoms with Crippen molar-refractivity contribution in [2.24, 2.45) is 0 Å². The van der Waals surface area contributed by atoms with Crippen LogP contribution < -0.4 is 9.46 Å². The molecule has 7 nitrogen and oxygen atoms in total. The first-order valence-corrected chi connectivity index (χ1v) is 11.3. The van der Waals surface area contributed by atoms with Crippen LogP contribution >= 0.6 is 0 Å². The Morgan fingerprint density at radius 1 is 1.10 bits per heavy atom. The average Bonchev–Trinajstić information content (AvgIpc) is 3.06. The van der Waals surface area contributed by atoms with Crippen LogP contribution in [0.5, 0.6) is 5.75 Å². The molecule has 0 spiro atoms. The van der Waals surface area contributed by atoms with E-state index in [1.807, 2.05) is 31.2 Å². The lowest BCUT2D eigenvalue weighted by atomic mass is 10.1. The lowest BCUT2D eigenvalue weighted by Crippen LogP contribution is -2.14. The first-order valence-electron chi connectivity index (χ1n) is 9.86. The van der Waals surface area contributed by atoms with Crippen molar-refractivity contribution >= 4 is 37.8 Å². The standard InChI is InChI=1S/C22H24N4O3S/c1-4-5-12-26-22-19(14-16-7-6-15(2)13-20(16)23-22)21(24-26)25-30(27,28)18-10-8-17(29-3)9-11-18/h6-11,13-14H,4-5,12H2,1-3H3,(H,24,25).